The summed E-state index contributed by atoms with van der Waals surface area (Å²) in [5, 5.41) is 0. The van der Waals surface area contributed by atoms with E-state index in [9.17, 15) is 13.2 Å². The van der Waals surface area contributed by atoms with Crippen LogP contribution in [-0.2, 0) is 0 Å². The van der Waals surface area contributed by atoms with Crippen LogP contribution in [0.25, 0.3) is 0 Å². The lowest BCUT2D eigenvalue weighted by Crippen LogP contribution is -2.19. The fourth-order valence-corrected chi connectivity index (χ4v) is 1.89. The van der Waals surface area contributed by atoms with Gasteiger partial charge in [0.05, 0.1) is 5.71 Å². The highest BCUT2D eigenvalue weighted by atomic mass is 19.4. The van der Waals surface area contributed by atoms with E-state index >= 15 is 0 Å². The summed E-state index contributed by atoms with van der Waals surface area (Å²) in [4.78, 5) is 12.0. The van der Waals surface area contributed by atoms with Crippen molar-refractivity contribution in [3.05, 3.63) is 36.2 Å². The van der Waals surface area contributed by atoms with E-state index in [1.54, 1.807) is 0 Å². The summed E-state index contributed by atoms with van der Waals surface area (Å²) < 4.78 is 45.6. The largest absolute Gasteiger partial charge is 0.573 e. The molecule has 1 aliphatic heterocycles. The van der Waals surface area contributed by atoms with Crippen LogP contribution in [0.2, 0.25) is 0 Å². The van der Waals surface area contributed by atoms with Crippen molar-refractivity contribution in [2.75, 3.05) is 12.3 Å². The molecule has 2 aromatic rings. The molecule has 0 radical (unpaired) electrons. The van der Waals surface area contributed by atoms with Crippen LogP contribution in [-0.4, -0.2) is 28.6 Å². The third-order valence-electron chi connectivity index (χ3n) is 2.83. The molecule has 0 atom stereocenters. The van der Waals surface area contributed by atoms with Crippen LogP contribution in [0.4, 0.5) is 24.7 Å². The van der Waals surface area contributed by atoms with Crippen LogP contribution in [0.1, 0.15) is 5.56 Å². The maximum atomic E-state index is 12.1. The molecule has 0 amide bonds. The molecule has 6 nitrogen and oxygen atoms in total. The number of hydrogen-bond donors (Lipinski definition) is 1. The Morgan fingerprint density at radius 2 is 1.86 bits per heavy atom. The number of ether oxygens (including phenoxy) is 2. The average Bonchev–Trinajstić information content (AvgIpc) is 2.47. The molecule has 1 aromatic carbocycles. The number of fused-ring (bicyclic) bond motifs is 1. The number of aromatic nitrogens is 2. The number of aliphatic imine (C=N–C) groups is 1. The van der Waals surface area contributed by atoms with Crippen LogP contribution >= 0.6 is 0 Å². The lowest BCUT2D eigenvalue weighted by molar-refractivity contribution is -0.274. The van der Waals surface area contributed by atoms with Gasteiger partial charge in [-0.05, 0) is 29.8 Å². The molecule has 3 rings (SSSR count). The Labute approximate surface area is 122 Å². The highest BCUT2D eigenvalue weighted by Crippen LogP contribution is 2.33. The van der Waals surface area contributed by atoms with E-state index in [2.05, 4.69) is 19.7 Å². The van der Waals surface area contributed by atoms with Gasteiger partial charge in [0.15, 0.2) is 11.5 Å². The SMILES string of the molecule is Nc1ncnc2c1N=C(c1ccc(OC(F)(F)F)cc1)CO2. The lowest BCUT2D eigenvalue weighted by Gasteiger charge is -2.17. The first-order chi connectivity index (χ1) is 10.4. The molecule has 0 saturated carbocycles. The summed E-state index contributed by atoms with van der Waals surface area (Å²) in [6.07, 6.45) is -3.46. The monoisotopic (exact) mass is 310 g/mol. The van der Waals surface area contributed by atoms with Gasteiger partial charge in [-0.25, -0.2) is 9.98 Å². The van der Waals surface area contributed by atoms with E-state index in [4.69, 9.17) is 10.5 Å². The molecule has 0 fully saturated rings. The Hall–Kier alpha value is -2.84. The van der Waals surface area contributed by atoms with Gasteiger partial charge in [0.25, 0.3) is 0 Å². The van der Waals surface area contributed by atoms with E-state index < -0.39 is 6.36 Å². The van der Waals surface area contributed by atoms with Gasteiger partial charge in [-0.2, -0.15) is 4.98 Å². The molecule has 2 heterocycles. The van der Waals surface area contributed by atoms with E-state index in [-0.39, 0.29) is 24.1 Å². The van der Waals surface area contributed by atoms with Crippen LogP contribution in [0.15, 0.2) is 35.6 Å². The smallest absolute Gasteiger partial charge is 0.469 e. The maximum absolute atomic E-state index is 12.1. The molecule has 114 valence electrons. The molecule has 22 heavy (non-hydrogen) atoms. The Balaban J connectivity index is 1.88. The third-order valence-corrected chi connectivity index (χ3v) is 2.83. The van der Waals surface area contributed by atoms with Gasteiger partial charge in [0.1, 0.15) is 18.7 Å². The van der Waals surface area contributed by atoms with Gasteiger partial charge in [-0.1, -0.05) is 0 Å². The minimum absolute atomic E-state index is 0.128. The first-order valence-corrected chi connectivity index (χ1v) is 6.09. The van der Waals surface area contributed by atoms with E-state index in [0.29, 0.717) is 17.0 Å². The topological polar surface area (TPSA) is 82.6 Å². The Kier molecular flexibility index (Phi) is 3.32. The number of nitrogens with zero attached hydrogens (tertiary/aromatic N) is 3. The van der Waals surface area contributed by atoms with Crippen LogP contribution < -0.4 is 15.2 Å². The van der Waals surface area contributed by atoms with Crippen molar-refractivity contribution in [1.82, 2.24) is 9.97 Å². The molecule has 0 spiro atoms. The number of benzene rings is 1. The first-order valence-electron chi connectivity index (χ1n) is 6.09. The highest BCUT2D eigenvalue weighted by Gasteiger charge is 2.31. The number of hydrogen-bond acceptors (Lipinski definition) is 6. The second-order valence-electron chi connectivity index (χ2n) is 4.33. The zero-order valence-corrected chi connectivity index (χ0v) is 11.0. The van der Waals surface area contributed by atoms with Crippen LogP contribution in [0.3, 0.4) is 0 Å². The molecular formula is C13H9F3N4O2. The number of halogens is 3. The van der Waals surface area contributed by atoms with Crippen LogP contribution in [0.5, 0.6) is 11.6 Å². The van der Waals surface area contributed by atoms with Crippen LogP contribution in [0, 0.1) is 0 Å². The molecule has 9 heteroatoms. The number of alkyl halides is 3. The fraction of sp³-hybridized carbons (Fsp3) is 0.154. The zero-order chi connectivity index (χ0) is 15.7. The van der Waals surface area contributed by atoms with Crippen molar-refractivity contribution in [2.45, 2.75) is 6.36 Å². The molecule has 1 aliphatic rings. The minimum Gasteiger partial charge on any atom is -0.469 e. The summed E-state index contributed by atoms with van der Waals surface area (Å²) in [7, 11) is 0. The second-order valence-corrected chi connectivity index (χ2v) is 4.33. The lowest BCUT2D eigenvalue weighted by atomic mass is 10.1. The zero-order valence-electron chi connectivity index (χ0n) is 11.0. The van der Waals surface area contributed by atoms with Crippen molar-refractivity contribution >= 4 is 17.2 Å². The van der Waals surface area contributed by atoms with Crippen molar-refractivity contribution in [2.24, 2.45) is 4.99 Å². The third kappa shape index (κ3) is 2.92. The number of nitrogen functional groups attached to an aromatic ring is 1. The normalized spacial score (nSPS) is 13.9. The minimum atomic E-state index is -4.72. The highest BCUT2D eigenvalue weighted by molar-refractivity contribution is 6.05. The molecule has 0 saturated heterocycles. The summed E-state index contributed by atoms with van der Waals surface area (Å²) in [6, 6.07) is 5.31. The maximum Gasteiger partial charge on any atom is 0.573 e. The van der Waals surface area contributed by atoms with E-state index in [0.717, 1.165) is 0 Å². The average molecular weight is 310 g/mol. The van der Waals surface area contributed by atoms with Crippen molar-refractivity contribution in [3.8, 4) is 11.6 Å². The van der Waals surface area contributed by atoms with Gasteiger partial charge >= 0.3 is 6.36 Å². The molecule has 0 unspecified atom stereocenters. The summed E-state index contributed by atoms with van der Waals surface area (Å²) in [6.45, 7) is 0.128. The molecule has 1 aromatic heterocycles. The summed E-state index contributed by atoms with van der Waals surface area (Å²) in [5.74, 6) is 0.129. The van der Waals surface area contributed by atoms with Gasteiger partial charge < -0.3 is 15.2 Å². The molecule has 0 bridgehead atoms. The molecule has 2 N–H and O–H groups in total. The van der Waals surface area contributed by atoms with Gasteiger partial charge in [-0.15, -0.1) is 13.2 Å². The summed E-state index contributed by atoms with van der Waals surface area (Å²) in [5.41, 5.74) is 7.09. The Bertz CT molecular complexity index is 729. The number of nitrogens with two attached hydrogens (primary N) is 1. The van der Waals surface area contributed by atoms with Crippen molar-refractivity contribution in [1.29, 1.82) is 0 Å². The number of rotatable bonds is 2. The van der Waals surface area contributed by atoms with E-state index in [1.807, 2.05) is 0 Å². The Morgan fingerprint density at radius 1 is 1.14 bits per heavy atom. The summed E-state index contributed by atoms with van der Waals surface area (Å²) >= 11 is 0. The quantitative estimate of drug-likeness (QED) is 0.921. The van der Waals surface area contributed by atoms with E-state index in [1.165, 1.54) is 30.6 Å². The van der Waals surface area contributed by atoms with Crippen molar-refractivity contribution in [3.63, 3.8) is 0 Å². The standard InChI is InChI=1S/C13H9F3N4O2/c14-13(15,16)22-8-3-1-7(2-4-8)9-5-21-12-10(20-9)11(17)18-6-19-12/h1-4,6H,5H2,(H2,17,18,19). The van der Waals surface area contributed by atoms with Crippen molar-refractivity contribution < 1.29 is 22.6 Å². The molecular weight excluding hydrogens is 301 g/mol. The predicted molar refractivity (Wildman–Crippen MR) is 71.3 cm³/mol. The predicted octanol–water partition coefficient (Wildman–Crippen LogP) is 2.47. The van der Waals surface area contributed by atoms with Gasteiger partial charge in [0.2, 0.25) is 5.88 Å². The second kappa shape index (κ2) is 5.17. The molecule has 0 aliphatic carbocycles. The fourth-order valence-electron chi connectivity index (χ4n) is 1.89. The van der Waals surface area contributed by atoms with Gasteiger partial charge in [0, 0.05) is 0 Å². The first kappa shape index (κ1) is 14.1. The Morgan fingerprint density at radius 3 is 2.55 bits per heavy atom. The van der Waals surface area contributed by atoms with Gasteiger partial charge in [-0.3, -0.25) is 0 Å². The number of anilines is 1.